The highest BCUT2D eigenvalue weighted by atomic mass is 35.5. The van der Waals surface area contributed by atoms with Gasteiger partial charge in [-0.2, -0.15) is 10.5 Å². The van der Waals surface area contributed by atoms with E-state index < -0.39 is 0 Å². The maximum absolute atomic E-state index is 9.31. The largest absolute Gasteiger partial charge is 0.383 e. The van der Waals surface area contributed by atoms with Crippen molar-refractivity contribution in [3.63, 3.8) is 0 Å². The minimum Gasteiger partial charge on any atom is -0.383 e. The summed E-state index contributed by atoms with van der Waals surface area (Å²) in [6.07, 6.45) is 4.54. The van der Waals surface area contributed by atoms with Crippen LogP contribution in [-0.2, 0) is 6.42 Å². The molecule has 2 N–H and O–H groups in total. The third-order valence-corrected chi connectivity index (χ3v) is 5.37. The summed E-state index contributed by atoms with van der Waals surface area (Å²) >= 11 is 7.72. The summed E-state index contributed by atoms with van der Waals surface area (Å²) in [6.45, 7) is 0. The molecule has 2 aromatic heterocycles. The van der Waals surface area contributed by atoms with Crippen molar-refractivity contribution < 1.29 is 0 Å². The summed E-state index contributed by atoms with van der Waals surface area (Å²) in [5, 5.41) is 19.6. The van der Waals surface area contributed by atoms with E-state index in [0.717, 1.165) is 35.5 Å². The average Bonchev–Trinajstić information content (AvgIpc) is 2.56. The van der Waals surface area contributed by atoms with Gasteiger partial charge >= 0.3 is 0 Å². The minimum absolute atomic E-state index is 0.0735. The van der Waals surface area contributed by atoms with Crippen LogP contribution < -0.4 is 5.73 Å². The maximum atomic E-state index is 9.31. The number of hydrogen-bond donors (Lipinski definition) is 1. The number of fused-ring (bicyclic) bond motifs is 1. The van der Waals surface area contributed by atoms with Gasteiger partial charge in [0.05, 0.1) is 22.1 Å². The zero-order valence-corrected chi connectivity index (χ0v) is 13.7. The van der Waals surface area contributed by atoms with Gasteiger partial charge in [0, 0.05) is 11.2 Å². The van der Waals surface area contributed by atoms with Gasteiger partial charge in [0.15, 0.2) is 0 Å². The smallest absolute Gasteiger partial charge is 0.142 e. The molecule has 0 saturated carbocycles. The summed E-state index contributed by atoms with van der Waals surface area (Å²) in [6, 6.07) is 7.32. The lowest BCUT2D eigenvalue weighted by atomic mass is 9.96. The fourth-order valence-electron chi connectivity index (χ4n) is 2.63. The third kappa shape index (κ3) is 2.96. The number of anilines is 1. The van der Waals surface area contributed by atoms with Crippen LogP contribution in [-0.4, -0.2) is 9.97 Å². The predicted molar refractivity (Wildman–Crippen MR) is 88.9 cm³/mol. The molecule has 1 aliphatic rings. The van der Waals surface area contributed by atoms with Crippen LogP contribution >= 0.6 is 23.4 Å². The maximum Gasteiger partial charge on any atom is 0.142 e. The Morgan fingerprint density at radius 1 is 1.30 bits per heavy atom. The van der Waals surface area contributed by atoms with Crippen LogP contribution in [0.4, 0.5) is 5.82 Å². The number of halogens is 1. The first kappa shape index (κ1) is 15.6. The number of nitrogens with two attached hydrogens (primary N) is 1. The Morgan fingerprint density at radius 2 is 2.09 bits per heavy atom. The Kier molecular flexibility index (Phi) is 4.38. The van der Waals surface area contributed by atoms with Gasteiger partial charge in [-0.1, -0.05) is 23.4 Å². The molecule has 114 valence electrons. The molecule has 0 aromatic carbocycles. The SMILES string of the molecule is N#Cc1cc(C#N)c(SC2CCCc3c(Cl)ccnc32)nc1N. The number of thioether (sulfide) groups is 1. The summed E-state index contributed by atoms with van der Waals surface area (Å²) in [5.41, 5.74) is 8.38. The molecular weight excluding hydrogens is 330 g/mol. The van der Waals surface area contributed by atoms with Crippen LogP contribution in [0.3, 0.4) is 0 Å². The number of rotatable bonds is 2. The van der Waals surface area contributed by atoms with Gasteiger partial charge in [0.2, 0.25) is 0 Å². The Bertz CT molecular complexity index is 853. The van der Waals surface area contributed by atoms with Crippen molar-refractivity contribution in [1.29, 1.82) is 10.5 Å². The molecule has 0 radical (unpaired) electrons. The highest BCUT2D eigenvalue weighted by Crippen LogP contribution is 2.44. The Hall–Kier alpha value is -2.28. The van der Waals surface area contributed by atoms with Crippen LogP contribution in [0.25, 0.3) is 0 Å². The van der Waals surface area contributed by atoms with E-state index >= 15 is 0 Å². The van der Waals surface area contributed by atoms with E-state index in [2.05, 4.69) is 16.0 Å². The number of nitrogens with zero attached hydrogens (tertiary/aromatic N) is 4. The van der Waals surface area contributed by atoms with Crippen molar-refractivity contribution >= 4 is 29.2 Å². The Labute approximate surface area is 143 Å². The van der Waals surface area contributed by atoms with Crippen LogP contribution in [0.2, 0.25) is 5.02 Å². The van der Waals surface area contributed by atoms with E-state index in [1.807, 2.05) is 6.07 Å². The van der Waals surface area contributed by atoms with Crippen LogP contribution in [0, 0.1) is 22.7 Å². The molecule has 0 bridgehead atoms. The van der Waals surface area contributed by atoms with Crippen LogP contribution in [0.1, 0.15) is 40.5 Å². The lowest BCUT2D eigenvalue weighted by Crippen LogP contribution is -2.11. The second-order valence-electron chi connectivity index (χ2n) is 5.15. The number of nitriles is 2. The van der Waals surface area contributed by atoms with Crippen molar-refractivity contribution in [3.05, 3.63) is 45.7 Å². The zero-order valence-electron chi connectivity index (χ0n) is 12.1. The monoisotopic (exact) mass is 341 g/mol. The zero-order chi connectivity index (χ0) is 16.4. The molecule has 0 amide bonds. The molecule has 0 fully saturated rings. The van der Waals surface area contributed by atoms with Gasteiger partial charge in [-0.25, -0.2) is 4.98 Å². The molecule has 3 rings (SSSR count). The first-order chi connectivity index (χ1) is 11.1. The highest BCUT2D eigenvalue weighted by Gasteiger charge is 2.26. The van der Waals surface area contributed by atoms with E-state index in [4.69, 9.17) is 22.6 Å². The van der Waals surface area contributed by atoms with Gasteiger partial charge in [-0.05, 0) is 37.0 Å². The van der Waals surface area contributed by atoms with Crippen molar-refractivity contribution in [2.45, 2.75) is 29.5 Å². The van der Waals surface area contributed by atoms with E-state index in [1.54, 1.807) is 12.3 Å². The Morgan fingerprint density at radius 3 is 2.83 bits per heavy atom. The van der Waals surface area contributed by atoms with Gasteiger partial charge < -0.3 is 5.73 Å². The fourth-order valence-corrected chi connectivity index (χ4v) is 4.13. The van der Waals surface area contributed by atoms with E-state index in [1.165, 1.54) is 17.8 Å². The molecule has 2 aromatic rings. The second kappa shape index (κ2) is 6.45. The molecule has 0 saturated heterocycles. The first-order valence-electron chi connectivity index (χ1n) is 7.04. The summed E-state index contributed by atoms with van der Waals surface area (Å²) in [5.74, 6) is 0.143. The van der Waals surface area contributed by atoms with Gasteiger partial charge in [0.25, 0.3) is 0 Å². The number of nitrogen functional groups attached to an aromatic ring is 1. The molecule has 1 unspecified atom stereocenters. The molecule has 23 heavy (non-hydrogen) atoms. The van der Waals surface area contributed by atoms with Crippen molar-refractivity contribution in [2.75, 3.05) is 5.73 Å². The summed E-state index contributed by atoms with van der Waals surface area (Å²) in [4.78, 5) is 8.71. The van der Waals surface area contributed by atoms with E-state index in [9.17, 15) is 5.26 Å². The number of pyridine rings is 2. The quantitative estimate of drug-likeness (QED) is 0.895. The molecule has 5 nitrogen and oxygen atoms in total. The third-order valence-electron chi connectivity index (χ3n) is 3.74. The molecule has 1 aliphatic carbocycles. The standard InChI is InChI=1S/C16H12ClN5S/c17-12-4-5-21-14-11(12)2-1-3-13(14)23-16-10(8-19)6-9(7-18)15(20)22-16/h4-6,13H,1-3H2,(H2,20,22). The van der Waals surface area contributed by atoms with Gasteiger partial charge in [-0.3, -0.25) is 4.98 Å². The molecule has 7 heteroatoms. The predicted octanol–water partition coefficient (Wildman–Crippen LogP) is 3.63. The Balaban J connectivity index is 1.99. The minimum atomic E-state index is 0.0735. The topological polar surface area (TPSA) is 99.4 Å². The molecule has 0 aliphatic heterocycles. The lowest BCUT2D eigenvalue weighted by molar-refractivity contribution is 0.655. The molecule has 1 atom stereocenters. The van der Waals surface area contributed by atoms with E-state index in [0.29, 0.717) is 10.6 Å². The number of hydrogen-bond acceptors (Lipinski definition) is 6. The highest BCUT2D eigenvalue weighted by molar-refractivity contribution is 7.99. The lowest BCUT2D eigenvalue weighted by Gasteiger charge is -2.24. The molecule has 0 spiro atoms. The van der Waals surface area contributed by atoms with Crippen LogP contribution in [0.15, 0.2) is 23.4 Å². The second-order valence-corrected chi connectivity index (χ2v) is 6.75. The van der Waals surface area contributed by atoms with E-state index in [-0.39, 0.29) is 16.6 Å². The van der Waals surface area contributed by atoms with Gasteiger partial charge in [0.1, 0.15) is 23.0 Å². The van der Waals surface area contributed by atoms with Crippen molar-refractivity contribution in [2.24, 2.45) is 0 Å². The van der Waals surface area contributed by atoms with Gasteiger partial charge in [-0.15, -0.1) is 0 Å². The van der Waals surface area contributed by atoms with Crippen LogP contribution in [0.5, 0.6) is 0 Å². The number of aromatic nitrogens is 2. The molecule has 2 heterocycles. The summed E-state index contributed by atoms with van der Waals surface area (Å²) < 4.78 is 0. The average molecular weight is 342 g/mol. The van der Waals surface area contributed by atoms with Crippen molar-refractivity contribution in [1.82, 2.24) is 9.97 Å². The molecular formula is C16H12ClN5S. The van der Waals surface area contributed by atoms with Crippen molar-refractivity contribution in [3.8, 4) is 12.1 Å². The first-order valence-corrected chi connectivity index (χ1v) is 8.30. The fraction of sp³-hybridized carbons (Fsp3) is 0.250. The summed E-state index contributed by atoms with van der Waals surface area (Å²) in [7, 11) is 0. The normalized spacial score (nSPS) is 16.2.